The third-order valence-corrected chi connectivity index (χ3v) is 6.46. The number of nitrogens with zero attached hydrogens (tertiary/aromatic N) is 1. The van der Waals surface area contributed by atoms with Crippen molar-refractivity contribution in [1.29, 1.82) is 0 Å². The van der Waals surface area contributed by atoms with E-state index in [9.17, 15) is 0 Å². The Kier molecular flexibility index (Phi) is 19.4. The number of nitrogens with one attached hydrogen (secondary N) is 1. The number of unbranched alkanes of at least 4 members (excludes halogenated alkanes) is 1. The van der Waals surface area contributed by atoms with Crippen molar-refractivity contribution in [3.05, 3.63) is 107 Å². The van der Waals surface area contributed by atoms with Crippen molar-refractivity contribution < 1.29 is 0 Å². The summed E-state index contributed by atoms with van der Waals surface area (Å²) in [6, 6.07) is 10.9. The molecule has 38 heavy (non-hydrogen) atoms. The molecule has 0 atom stereocenters. The fourth-order valence-electron chi connectivity index (χ4n) is 3.23. The van der Waals surface area contributed by atoms with Crippen LogP contribution in [0.15, 0.2) is 96.7 Å². The first kappa shape index (κ1) is 35.0. The van der Waals surface area contributed by atoms with E-state index in [1.165, 1.54) is 41.5 Å². The minimum absolute atomic E-state index is 0.688. The first-order valence-corrected chi connectivity index (χ1v) is 14.6. The molecule has 0 spiro atoms. The summed E-state index contributed by atoms with van der Waals surface area (Å²) in [6.07, 6.45) is 13.6. The molecule has 0 aliphatic carbocycles. The van der Waals surface area contributed by atoms with Crippen LogP contribution in [0.5, 0.6) is 0 Å². The molecule has 1 aromatic carbocycles. The lowest BCUT2D eigenvalue weighted by molar-refractivity contribution is 0.463. The van der Waals surface area contributed by atoms with Crippen molar-refractivity contribution in [3.63, 3.8) is 0 Å². The monoisotopic (exact) mass is 553 g/mol. The van der Waals surface area contributed by atoms with Gasteiger partial charge in [0.1, 0.15) is 0 Å². The highest BCUT2D eigenvalue weighted by Gasteiger charge is 2.13. The van der Waals surface area contributed by atoms with Gasteiger partial charge in [-0.2, -0.15) is 0 Å². The summed E-state index contributed by atoms with van der Waals surface area (Å²) in [5.41, 5.74) is 11.1. The van der Waals surface area contributed by atoms with E-state index in [1.807, 2.05) is 25.2 Å². The minimum Gasteiger partial charge on any atom is -0.405 e. The van der Waals surface area contributed by atoms with E-state index in [0.29, 0.717) is 5.03 Å². The van der Waals surface area contributed by atoms with Crippen LogP contribution in [0.4, 0.5) is 0 Å². The van der Waals surface area contributed by atoms with Gasteiger partial charge in [0.15, 0.2) is 0 Å². The number of halogens is 1. The normalized spacial score (nSPS) is 11.1. The van der Waals surface area contributed by atoms with Crippen LogP contribution in [-0.4, -0.2) is 18.5 Å². The number of hydrogen-bond donors (Lipinski definition) is 2. The lowest BCUT2D eigenvalue weighted by atomic mass is 10.0. The van der Waals surface area contributed by atoms with E-state index >= 15 is 0 Å². The summed E-state index contributed by atoms with van der Waals surface area (Å²) in [6.45, 7) is 23.1. The van der Waals surface area contributed by atoms with Gasteiger partial charge >= 0.3 is 0 Å². The molecule has 0 amide bonds. The fraction of sp³-hybridized carbons (Fsp3) is 0.333. The summed E-state index contributed by atoms with van der Waals surface area (Å²) in [5, 5.41) is 6.28. The lowest BCUT2D eigenvalue weighted by Crippen LogP contribution is -2.17. The van der Waals surface area contributed by atoms with Gasteiger partial charge in [-0.1, -0.05) is 108 Å². The largest absolute Gasteiger partial charge is 0.405 e. The zero-order valence-electron chi connectivity index (χ0n) is 24.3. The van der Waals surface area contributed by atoms with Gasteiger partial charge in [-0.3, -0.25) is 0 Å². The maximum absolute atomic E-state index is 6.07. The van der Waals surface area contributed by atoms with Crippen molar-refractivity contribution in [3.8, 4) is 11.1 Å². The molecule has 0 saturated heterocycles. The Morgan fingerprint density at radius 1 is 1.08 bits per heavy atom. The average molecular weight is 554 g/mol. The van der Waals surface area contributed by atoms with Gasteiger partial charge in [-0.15, -0.1) is 11.3 Å². The van der Waals surface area contributed by atoms with Crippen LogP contribution in [0.1, 0.15) is 70.7 Å². The number of hydrogen-bond acceptors (Lipinski definition) is 4. The molecule has 0 unspecified atom stereocenters. The van der Waals surface area contributed by atoms with Crippen LogP contribution in [0.3, 0.4) is 0 Å². The third-order valence-electron chi connectivity index (χ3n) is 5.17. The highest BCUT2D eigenvalue weighted by atomic mass is 35.5. The molecule has 0 fully saturated rings. The molecule has 0 aliphatic rings. The molecule has 2 rings (SSSR count). The summed E-state index contributed by atoms with van der Waals surface area (Å²) < 4.78 is 0. The van der Waals surface area contributed by atoms with Gasteiger partial charge in [0.2, 0.25) is 0 Å². The van der Waals surface area contributed by atoms with E-state index in [2.05, 4.69) is 112 Å². The topological polar surface area (TPSA) is 41.3 Å². The standard InChI is InChI=1S/C28H35ClN2S.C3H8.C2H5N/c1-7-10-19-31(6)22(5)23-13-15-24(16-14-23)26-18-20-32-28(26)27(11-8-2)30-21(4)12-17-25(29)9-3;1-3-2;1-2-3/h9,11-18,20,30H,4-5,7-8,10,19H2,1-3,6H3;3H2,1-2H3;2H,1,3H2/b17-12-,25-9+,27-11?;;. The van der Waals surface area contributed by atoms with Gasteiger partial charge in [0, 0.05) is 35.6 Å². The summed E-state index contributed by atoms with van der Waals surface area (Å²) >= 11 is 7.80. The zero-order chi connectivity index (χ0) is 28.9. The van der Waals surface area contributed by atoms with Gasteiger partial charge in [-0.05, 0) is 60.7 Å². The first-order valence-electron chi connectivity index (χ1n) is 13.3. The van der Waals surface area contributed by atoms with E-state index < -0.39 is 0 Å². The molecule has 2 aromatic rings. The third kappa shape index (κ3) is 13.0. The van der Waals surface area contributed by atoms with Crippen molar-refractivity contribution in [1.82, 2.24) is 10.2 Å². The van der Waals surface area contributed by atoms with Gasteiger partial charge in [-0.25, -0.2) is 0 Å². The predicted octanol–water partition coefficient (Wildman–Crippen LogP) is 10.2. The Hall–Kier alpha value is -2.95. The molecule has 1 heterocycles. The average Bonchev–Trinajstić information content (AvgIpc) is 3.40. The van der Waals surface area contributed by atoms with Crippen LogP contribution >= 0.6 is 22.9 Å². The zero-order valence-corrected chi connectivity index (χ0v) is 25.9. The number of nitrogens with two attached hydrogens (primary N) is 1. The Morgan fingerprint density at radius 2 is 1.68 bits per heavy atom. The number of benzene rings is 1. The van der Waals surface area contributed by atoms with Crippen molar-refractivity contribution in [2.24, 2.45) is 5.73 Å². The van der Waals surface area contributed by atoms with Crippen LogP contribution in [0, 0.1) is 0 Å². The SMILES string of the molecule is C=C(/C=C\C(Cl)=C/C)NC(=CCC)c1sccc1-c1ccc(C(=C)N(C)CCCC)cc1.C=CN.CCC. The maximum atomic E-state index is 6.07. The molecule has 3 nitrogen and oxygen atoms in total. The summed E-state index contributed by atoms with van der Waals surface area (Å²) in [5.74, 6) is 0. The van der Waals surface area contributed by atoms with E-state index in [-0.39, 0.29) is 0 Å². The van der Waals surface area contributed by atoms with E-state index in [0.717, 1.165) is 35.6 Å². The Morgan fingerprint density at radius 3 is 2.21 bits per heavy atom. The van der Waals surface area contributed by atoms with Crippen LogP contribution in [0.25, 0.3) is 22.5 Å². The number of thiophene rings is 1. The predicted molar refractivity (Wildman–Crippen MR) is 176 cm³/mol. The number of rotatable bonds is 12. The molecule has 3 N–H and O–H groups in total. The van der Waals surface area contributed by atoms with E-state index in [4.69, 9.17) is 11.6 Å². The second-order valence-corrected chi connectivity index (χ2v) is 9.94. The van der Waals surface area contributed by atoms with Crippen LogP contribution < -0.4 is 11.1 Å². The van der Waals surface area contributed by atoms with Crippen molar-refractivity contribution in [2.45, 2.75) is 60.3 Å². The summed E-state index contributed by atoms with van der Waals surface area (Å²) in [7, 11) is 2.11. The molecular formula is C33H48ClN3S. The molecule has 0 radical (unpaired) electrons. The second-order valence-electron chi connectivity index (χ2n) is 8.59. The molecule has 0 bridgehead atoms. The lowest BCUT2D eigenvalue weighted by Gasteiger charge is -2.22. The van der Waals surface area contributed by atoms with Crippen LogP contribution in [0.2, 0.25) is 0 Å². The molecule has 5 heteroatoms. The maximum Gasteiger partial charge on any atom is 0.0580 e. The highest BCUT2D eigenvalue weighted by molar-refractivity contribution is 7.11. The Bertz CT molecular complexity index is 1060. The molecule has 1 aromatic heterocycles. The smallest absolute Gasteiger partial charge is 0.0580 e. The molecule has 0 saturated carbocycles. The van der Waals surface area contributed by atoms with Crippen LogP contribution in [-0.2, 0) is 0 Å². The number of allylic oxidation sites excluding steroid dienone is 5. The van der Waals surface area contributed by atoms with Crippen molar-refractivity contribution in [2.75, 3.05) is 13.6 Å². The van der Waals surface area contributed by atoms with Crippen molar-refractivity contribution >= 4 is 34.3 Å². The molecule has 208 valence electrons. The van der Waals surface area contributed by atoms with Gasteiger partial charge in [0.25, 0.3) is 0 Å². The highest BCUT2D eigenvalue weighted by Crippen LogP contribution is 2.34. The van der Waals surface area contributed by atoms with Gasteiger partial charge < -0.3 is 16.0 Å². The molecule has 0 aliphatic heterocycles. The quantitative estimate of drug-likeness (QED) is 0.257. The molecular weight excluding hydrogens is 506 g/mol. The Balaban J connectivity index is 0.00000208. The second kappa shape index (κ2) is 21.0. The summed E-state index contributed by atoms with van der Waals surface area (Å²) in [4.78, 5) is 3.44. The van der Waals surface area contributed by atoms with E-state index in [1.54, 1.807) is 11.3 Å². The first-order chi connectivity index (χ1) is 18.2. The Labute approximate surface area is 241 Å². The van der Waals surface area contributed by atoms with Gasteiger partial charge in [0.05, 0.1) is 10.6 Å². The minimum atomic E-state index is 0.688. The fourth-order valence-corrected chi connectivity index (χ4v) is 4.21.